The van der Waals surface area contributed by atoms with Gasteiger partial charge in [-0.2, -0.15) is 12.6 Å². The van der Waals surface area contributed by atoms with E-state index in [9.17, 15) is 4.57 Å². The molecule has 44 heavy (non-hydrogen) atoms. The monoisotopic (exact) mass is 661 g/mol. The van der Waals surface area contributed by atoms with Gasteiger partial charge in [0.1, 0.15) is 0 Å². The van der Waals surface area contributed by atoms with Gasteiger partial charge in [-0.3, -0.25) is 4.57 Å². The molecule has 0 spiro atoms. The van der Waals surface area contributed by atoms with Crippen molar-refractivity contribution in [3.05, 3.63) is 0 Å². The first-order valence-corrected chi connectivity index (χ1v) is 22.6. The highest BCUT2D eigenvalue weighted by Crippen LogP contribution is 2.35. The lowest BCUT2D eigenvalue weighted by Gasteiger charge is -2.05. The van der Waals surface area contributed by atoms with Crippen LogP contribution in [0, 0.1) is 0 Å². The minimum Gasteiger partial charge on any atom is -0.324 e. The van der Waals surface area contributed by atoms with Gasteiger partial charge in [-0.05, 0) is 18.6 Å². The maximum atomic E-state index is 10.8. The Labute approximate surface area is 283 Å². The van der Waals surface area contributed by atoms with Crippen molar-refractivity contribution in [1.82, 2.24) is 0 Å². The molecule has 0 amide bonds. The highest BCUT2D eigenvalue weighted by atomic mass is 32.1. The van der Waals surface area contributed by atoms with E-state index < -0.39 is 7.60 Å². The van der Waals surface area contributed by atoms with Gasteiger partial charge in [0.15, 0.2) is 0 Å². The van der Waals surface area contributed by atoms with E-state index in [1.807, 2.05) is 0 Å². The lowest BCUT2D eigenvalue weighted by atomic mass is 10.0. The number of hydrogen-bond donors (Lipinski definition) is 3. The summed E-state index contributed by atoms with van der Waals surface area (Å²) < 4.78 is 10.8. The minimum absolute atomic E-state index is 0.0614. The number of thiol groups is 1. The van der Waals surface area contributed by atoms with E-state index in [4.69, 9.17) is 9.79 Å². The molecule has 0 fully saturated rings. The van der Waals surface area contributed by atoms with E-state index in [-0.39, 0.29) is 6.16 Å². The molecular weight excluding hydrogens is 579 g/mol. The number of hydrogen-bond acceptors (Lipinski definition) is 2. The zero-order valence-electron chi connectivity index (χ0n) is 29.8. The Balaban J connectivity index is 3.05. The Bertz CT molecular complexity index is 568. The van der Waals surface area contributed by atoms with E-state index in [1.54, 1.807) is 0 Å². The van der Waals surface area contributed by atoms with Crippen LogP contribution in [0.25, 0.3) is 0 Å². The zero-order valence-corrected chi connectivity index (χ0v) is 31.6. The Morgan fingerprint density at radius 1 is 0.273 bits per heavy atom. The van der Waals surface area contributed by atoms with Gasteiger partial charge in [-0.15, -0.1) is 0 Å². The molecular formula is C39H81O3PS. The molecule has 0 aliphatic rings. The summed E-state index contributed by atoms with van der Waals surface area (Å²) in [5, 5.41) is 0. The summed E-state index contributed by atoms with van der Waals surface area (Å²) in [7, 11) is -3.77. The normalized spacial score (nSPS) is 12.0. The average molecular weight is 661 g/mol. The van der Waals surface area contributed by atoms with Crippen molar-refractivity contribution in [2.75, 3.05) is 11.9 Å². The maximum absolute atomic E-state index is 10.8. The maximum Gasteiger partial charge on any atom is 0.325 e. The van der Waals surface area contributed by atoms with Crippen molar-refractivity contribution < 1.29 is 14.4 Å². The molecule has 0 atom stereocenters. The molecule has 0 saturated carbocycles. The van der Waals surface area contributed by atoms with Crippen molar-refractivity contribution in [2.24, 2.45) is 0 Å². The molecule has 0 unspecified atom stereocenters. The Morgan fingerprint density at radius 3 is 0.545 bits per heavy atom. The van der Waals surface area contributed by atoms with Crippen LogP contribution in [0.5, 0.6) is 0 Å². The van der Waals surface area contributed by atoms with Crippen LogP contribution in [0.1, 0.15) is 238 Å². The zero-order chi connectivity index (χ0) is 32.1. The van der Waals surface area contributed by atoms with Crippen LogP contribution < -0.4 is 0 Å². The molecule has 0 bridgehead atoms. The molecule has 3 nitrogen and oxygen atoms in total. The van der Waals surface area contributed by atoms with Crippen LogP contribution >= 0.6 is 20.2 Å². The molecule has 0 heterocycles. The quantitative estimate of drug-likeness (QED) is 0.0349. The third-order valence-electron chi connectivity index (χ3n) is 9.61. The smallest absolute Gasteiger partial charge is 0.324 e. The number of rotatable bonds is 39. The van der Waals surface area contributed by atoms with Gasteiger partial charge in [-0.25, -0.2) is 0 Å². The largest absolute Gasteiger partial charge is 0.325 e. The van der Waals surface area contributed by atoms with Crippen LogP contribution in [-0.4, -0.2) is 21.7 Å². The topological polar surface area (TPSA) is 57.5 Å². The molecule has 0 saturated heterocycles. The SMILES string of the molecule is O=P(O)(O)CCCCCCCCCCCCCCCCCCCCCCCCCCCCCCCCCCCCCCCS. The molecule has 0 aromatic heterocycles. The lowest BCUT2D eigenvalue weighted by Crippen LogP contribution is -1.88. The van der Waals surface area contributed by atoms with Crippen molar-refractivity contribution in [1.29, 1.82) is 0 Å². The fourth-order valence-corrected chi connectivity index (χ4v) is 7.48. The van der Waals surface area contributed by atoms with Crippen LogP contribution in [0.15, 0.2) is 0 Å². The van der Waals surface area contributed by atoms with Crippen molar-refractivity contribution in [3.8, 4) is 0 Å². The molecule has 0 aliphatic heterocycles. The summed E-state index contributed by atoms with van der Waals surface area (Å²) >= 11 is 4.29. The van der Waals surface area contributed by atoms with E-state index in [0.717, 1.165) is 18.6 Å². The average Bonchev–Trinajstić information content (AvgIpc) is 3.00. The van der Waals surface area contributed by atoms with E-state index in [0.29, 0.717) is 6.42 Å². The van der Waals surface area contributed by atoms with E-state index in [2.05, 4.69) is 12.6 Å². The van der Waals surface area contributed by atoms with Gasteiger partial charge < -0.3 is 9.79 Å². The Morgan fingerprint density at radius 2 is 0.409 bits per heavy atom. The lowest BCUT2D eigenvalue weighted by molar-refractivity contribution is 0.370. The molecule has 0 aliphatic carbocycles. The predicted molar refractivity (Wildman–Crippen MR) is 202 cm³/mol. The highest BCUT2D eigenvalue weighted by Gasteiger charge is 2.10. The van der Waals surface area contributed by atoms with Gasteiger partial charge in [0.25, 0.3) is 0 Å². The molecule has 266 valence electrons. The summed E-state index contributed by atoms with van der Waals surface area (Å²) in [5.74, 6) is 1.06. The van der Waals surface area contributed by atoms with Gasteiger partial charge in [0.05, 0.1) is 0 Å². The molecule has 0 rings (SSSR count). The standard InChI is InChI=1S/C39H81O3PS/c40-43(41,42)38-36-34-32-30-28-26-24-22-20-18-16-14-12-10-8-6-4-2-1-3-5-7-9-11-13-15-17-19-21-23-25-27-29-31-33-35-37-39-44/h44H,1-39H2,(H2,40,41,42). The molecule has 2 N–H and O–H groups in total. The molecule has 0 radical (unpaired) electrons. The van der Waals surface area contributed by atoms with E-state index in [1.165, 1.54) is 218 Å². The fraction of sp³-hybridized carbons (Fsp3) is 1.00. The number of unbranched alkanes of at least 4 members (excludes halogenated alkanes) is 36. The third kappa shape index (κ3) is 42.5. The first kappa shape index (κ1) is 44.5. The van der Waals surface area contributed by atoms with E-state index >= 15 is 0 Å². The van der Waals surface area contributed by atoms with Gasteiger partial charge >= 0.3 is 7.60 Å². The second-order valence-corrected chi connectivity index (χ2v) is 16.4. The van der Waals surface area contributed by atoms with Crippen molar-refractivity contribution in [2.45, 2.75) is 238 Å². The highest BCUT2D eigenvalue weighted by molar-refractivity contribution is 7.80. The summed E-state index contributed by atoms with van der Waals surface area (Å²) in [6.07, 6.45) is 51.4. The second-order valence-electron chi connectivity index (χ2n) is 14.2. The fourth-order valence-electron chi connectivity index (χ4n) is 6.62. The minimum atomic E-state index is -3.77. The van der Waals surface area contributed by atoms with Crippen molar-refractivity contribution in [3.63, 3.8) is 0 Å². The van der Waals surface area contributed by atoms with Crippen LogP contribution in [0.4, 0.5) is 0 Å². The Hall–Kier alpha value is 0.500. The second kappa shape index (κ2) is 38.0. The van der Waals surface area contributed by atoms with Crippen LogP contribution in [-0.2, 0) is 4.57 Å². The predicted octanol–water partition coefficient (Wildman–Crippen LogP) is 14.5. The van der Waals surface area contributed by atoms with Gasteiger partial charge in [-0.1, -0.05) is 225 Å². The Kier molecular flexibility index (Phi) is 38.4. The summed E-state index contributed by atoms with van der Waals surface area (Å²) in [5.41, 5.74) is 0. The summed E-state index contributed by atoms with van der Waals surface area (Å²) in [4.78, 5) is 17.7. The van der Waals surface area contributed by atoms with Crippen molar-refractivity contribution >= 4 is 20.2 Å². The first-order chi connectivity index (χ1) is 21.6. The molecule has 0 aromatic rings. The summed E-state index contributed by atoms with van der Waals surface area (Å²) in [6.45, 7) is 0. The van der Waals surface area contributed by atoms with Gasteiger partial charge in [0.2, 0.25) is 0 Å². The van der Waals surface area contributed by atoms with Gasteiger partial charge in [0, 0.05) is 6.16 Å². The molecule has 5 heteroatoms. The van der Waals surface area contributed by atoms with Crippen LogP contribution in [0.3, 0.4) is 0 Å². The molecule has 0 aromatic carbocycles. The first-order valence-electron chi connectivity index (χ1n) is 20.2. The summed E-state index contributed by atoms with van der Waals surface area (Å²) in [6, 6.07) is 0. The third-order valence-corrected chi connectivity index (χ3v) is 10.8. The van der Waals surface area contributed by atoms with Crippen LogP contribution in [0.2, 0.25) is 0 Å².